The molecule has 192 valence electrons. The summed E-state index contributed by atoms with van der Waals surface area (Å²) in [5.74, 6) is -0.235. The Morgan fingerprint density at radius 2 is 2.00 bits per heavy atom. The SMILES string of the molecule is CCC(C)(C)C1CCC2(CC1)NC(=O)N(CC(=O)NCc1cccnc1Oc1cccc(F)c1)C2=O. The molecule has 36 heavy (non-hydrogen) atoms. The Kier molecular flexibility index (Phi) is 7.28. The minimum absolute atomic E-state index is 0.0693. The first-order valence-corrected chi connectivity index (χ1v) is 12.4. The fourth-order valence-corrected chi connectivity index (χ4v) is 5.03. The van der Waals surface area contributed by atoms with Crippen LogP contribution in [0.4, 0.5) is 9.18 Å². The van der Waals surface area contributed by atoms with Gasteiger partial charge in [0, 0.05) is 24.4 Å². The van der Waals surface area contributed by atoms with Crippen LogP contribution in [0.25, 0.3) is 0 Å². The minimum Gasteiger partial charge on any atom is -0.439 e. The molecular formula is C27H33FN4O4. The maximum Gasteiger partial charge on any atom is 0.325 e. The van der Waals surface area contributed by atoms with Gasteiger partial charge in [0.15, 0.2) is 0 Å². The number of nitrogens with zero attached hydrogens (tertiary/aromatic N) is 2. The lowest BCUT2D eigenvalue weighted by Crippen LogP contribution is -2.51. The van der Waals surface area contributed by atoms with E-state index in [-0.39, 0.29) is 36.0 Å². The van der Waals surface area contributed by atoms with Crippen molar-refractivity contribution in [3.8, 4) is 11.6 Å². The van der Waals surface area contributed by atoms with Gasteiger partial charge >= 0.3 is 6.03 Å². The van der Waals surface area contributed by atoms with Crippen LogP contribution in [0, 0.1) is 17.2 Å². The van der Waals surface area contributed by atoms with E-state index < -0.39 is 23.3 Å². The zero-order valence-corrected chi connectivity index (χ0v) is 21.0. The molecule has 0 bridgehead atoms. The fourth-order valence-electron chi connectivity index (χ4n) is 5.03. The van der Waals surface area contributed by atoms with E-state index in [1.54, 1.807) is 18.2 Å². The normalized spacial score (nSPS) is 22.0. The summed E-state index contributed by atoms with van der Waals surface area (Å²) >= 11 is 0. The van der Waals surface area contributed by atoms with Crippen LogP contribution in [-0.2, 0) is 16.1 Å². The highest BCUT2D eigenvalue weighted by atomic mass is 19.1. The van der Waals surface area contributed by atoms with Crippen molar-refractivity contribution in [2.24, 2.45) is 11.3 Å². The number of carbonyl (C=O) groups is 3. The maximum atomic E-state index is 13.5. The number of aromatic nitrogens is 1. The summed E-state index contributed by atoms with van der Waals surface area (Å²) in [6.45, 7) is 6.38. The molecule has 1 aromatic carbocycles. The summed E-state index contributed by atoms with van der Waals surface area (Å²) < 4.78 is 19.2. The standard InChI is InChI=1S/C27H33FN4O4/c1-4-26(2,3)19-10-12-27(13-11-19)24(34)32(25(35)31-27)17-22(33)30-16-18-7-6-14-29-23(18)36-21-9-5-8-20(28)15-21/h5-9,14-15,19H,4,10-13,16-17H2,1-3H3,(H,30,33)(H,31,35). The first-order chi connectivity index (χ1) is 17.1. The van der Waals surface area contributed by atoms with Gasteiger partial charge in [-0.1, -0.05) is 39.3 Å². The minimum atomic E-state index is -0.910. The average molecular weight is 497 g/mol. The van der Waals surface area contributed by atoms with Gasteiger partial charge < -0.3 is 15.4 Å². The van der Waals surface area contributed by atoms with Crippen LogP contribution < -0.4 is 15.4 Å². The van der Waals surface area contributed by atoms with E-state index in [1.165, 1.54) is 24.4 Å². The number of imide groups is 1. The number of hydrogen-bond donors (Lipinski definition) is 2. The summed E-state index contributed by atoms with van der Waals surface area (Å²) in [5, 5.41) is 5.60. The van der Waals surface area contributed by atoms with E-state index in [2.05, 4.69) is 36.4 Å². The van der Waals surface area contributed by atoms with Crippen LogP contribution in [0.5, 0.6) is 11.6 Å². The second-order valence-electron chi connectivity index (χ2n) is 10.3. The molecule has 1 saturated carbocycles. The zero-order chi connectivity index (χ0) is 25.9. The van der Waals surface area contributed by atoms with Crippen LogP contribution in [0.1, 0.15) is 58.4 Å². The lowest BCUT2D eigenvalue weighted by atomic mass is 9.65. The smallest absolute Gasteiger partial charge is 0.325 e. The van der Waals surface area contributed by atoms with Gasteiger partial charge in [-0.2, -0.15) is 0 Å². The second kappa shape index (κ2) is 10.2. The molecule has 1 saturated heterocycles. The van der Waals surface area contributed by atoms with Crippen LogP contribution >= 0.6 is 0 Å². The highest BCUT2D eigenvalue weighted by Crippen LogP contribution is 2.45. The first-order valence-electron chi connectivity index (χ1n) is 12.4. The third kappa shape index (κ3) is 5.34. The second-order valence-corrected chi connectivity index (χ2v) is 10.3. The molecule has 0 atom stereocenters. The Morgan fingerprint density at radius 3 is 2.69 bits per heavy atom. The summed E-state index contributed by atoms with van der Waals surface area (Å²) in [6, 6.07) is 8.56. The molecule has 0 radical (unpaired) electrons. The Balaban J connectivity index is 1.35. The number of amides is 4. The van der Waals surface area contributed by atoms with E-state index in [1.807, 2.05) is 0 Å². The Bertz CT molecular complexity index is 1140. The number of carbonyl (C=O) groups excluding carboxylic acids is 3. The van der Waals surface area contributed by atoms with Gasteiger partial charge in [0.1, 0.15) is 23.7 Å². The number of benzene rings is 1. The van der Waals surface area contributed by atoms with Gasteiger partial charge in [0.25, 0.3) is 5.91 Å². The molecule has 2 aromatic rings. The third-order valence-corrected chi connectivity index (χ3v) is 7.74. The predicted octanol–water partition coefficient (Wildman–Crippen LogP) is 4.55. The van der Waals surface area contributed by atoms with Crippen molar-refractivity contribution in [2.75, 3.05) is 6.54 Å². The van der Waals surface area contributed by atoms with Gasteiger partial charge in [0.05, 0.1) is 0 Å². The molecule has 1 spiro atoms. The number of rotatable bonds is 8. The lowest BCUT2D eigenvalue weighted by molar-refractivity contribution is -0.136. The number of halogens is 1. The Hall–Kier alpha value is -3.49. The Labute approximate surface area is 210 Å². The lowest BCUT2D eigenvalue weighted by Gasteiger charge is -2.42. The maximum absolute atomic E-state index is 13.5. The van der Waals surface area contributed by atoms with Gasteiger partial charge in [-0.25, -0.2) is 14.2 Å². The molecule has 1 aliphatic heterocycles. The number of urea groups is 1. The first kappa shape index (κ1) is 25.6. The van der Waals surface area contributed by atoms with Crippen molar-refractivity contribution in [1.82, 2.24) is 20.5 Å². The molecule has 2 N–H and O–H groups in total. The van der Waals surface area contributed by atoms with Crippen molar-refractivity contribution in [2.45, 2.75) is 65.0 Å². The zero-order valence-electron chi connectivity index (χ0n) is 21.0. The summed E-state index contributed by atoms with van der Waals surface area (Å²) in [5.41, 5.74) is -0.149. The monoisotopic (exact) mass is 496 g/mol. The largest absolute Gasteiger partial charge is 0.439 e. The molecule has 4 amide bonds. The van der Waals surface area contributed by atoms with Crippen molar-refractivity contribution in [3.05, 3.63) is 54.0 Å². The van der Waals surface area contributed by atoms with Gasteiger partial charge in [-0.15, -0.1) is 0 Å². The molecule has 0 unspecified atom stereocenters. The van der Waals surface area contributed by atoms with Crippen LogP contribution in [0.15, 0.2) is 42.6 Å². The van der Waals surface area contributed by atoms with E-state index in [0.717, 1.165) is 24.2 Å². The highest BCUT2D eigenvalue weighted by Gasteiger charge is 2.53. The topological polar surface area (TPSA) is 101 Å². The molecule has 9 heteroatoms. The summed E-state index contributed by atoms with van der Waals surface area (Å²) in [4.78, 5) is 43.7. The molecule has 1 aliphatic carbocycles. The van der Waals surface area contributed by atoms with E-state index in [0.29, 0.717) is 24.3 Å². The van der Waals surface area contributed by atoms with Gasteiger partial charge in [-0.3, -0.25) is 14.5 Å². The quantitative estimate of drug-likeness (QED) is 0.523. The predicted molar refractivity (Wildman–Crippen MR) is 132 cm³/mol. The third-order valence-electron chi connectivity index (χ3n) is 7.74. The number of nitrogens with one attached hydrogen (secondary N) is 2. The molecule has 4 rings (SSSR count). The number of hydrogen-bond acceptors (Lipinski definition) is 5. The van der Waals surface area contributed by atoms with E-state index >= 15 is 0 Å². The molecule has 2 heterocycles. The van der Waals surface area contributed by atoms with Crippen LogP contribution in [0.2, 0.25) is 0 Å². The van der Waals surface area contributed by atoms with Crippen molar-refractivity contribution in [3.63, 3.8) is 0 Å². The average Bonchev–Trinajstić information content (AvgIpc) is 3.07. The van der Waals surface area contributed by atoms with Crippen LogP contribution in [0.3, 0.4) is 0 Å². The van der Waals surface area contributed by atoms with Crippen LogP contribution in [-0.4, -0.2) is 39.8 Å². The fraction of sp³-hybridized carbons (Fsp3) is 0.481. The van der Waals surface area contributed by atoms with Gasteiger partial charge in [-0.05, 0) is 55.2 Å². The van der Waals surface area contributed by atoms with E-state index in [4.69, 9.17) is 4.74 Å². The Morgan fingerprint density at radius 1 is 1.25 bits per heavy atom. The van der Waals surface area contributed by atoms with Crippen molar-refractivity contribution in [1.29, 1.82) is 0 Å². The molecular weight excluding hydrogens is 463 g/mol. The molecule has 8 nitrogen and oxygen atoms in total. The number of ether oxygens (including phenoxy) is 1. The molecule has 2 fully saturated rings. The van der Waals surface area contributed by atoms with Gasteiger partial charge in [0.2, 0.25) is 11.8 Å². The summed E-state index contributed by atoms with van der Waals surface area (Å²) in [6.07, 6.45) is 5.48. The number of pyridine rings is 1. The van der Waals surface area contributed by atoms with Crippen molar-refractivity contribution >= 4 is 17.8 Å². The summed E-state index contributed by atoms with van der Waals surface area (Å²) in [7, 11) is 0. The van der Waals surface area contributed by atoms with E-state index in [9.17, 15) is 18.8 Å². The van der Waals surface area contributed by atoms with Crippen molar-refractivity contribution < 1.29 is 23.5 Å². The molecule has 1 aromatic heterocycles. The molecule has 2 aliphatic rings. The highest BCUT2D eigenvalue weighted by molar-refractivity contribution is 6.09.